The standard InChI is InChI=1S/C37H29ClI2N2O6S/c1-4-47-36(44)31-32(23-8-6-5-7-9-23)41-37-42(33(31)24-12-15-28(45-2)29(19-24)46-3)35(43)30(49-37)18-22-16-26(39)34(27(40)17-22)48-20-21-10-13-25(38)14-11-21/h5-19,33H,4,20H2,1-3H3/b30-18-/t33-/m1/s1. The van der Waals surface area contributed by atoms with E-state index in [1.165, 1.54) is 11.3 Å². The fraction of sp³-hybridized carbons (Fsp3) is 0.162. The van der Waals surface area contributed by atoms with Gasteiger partial charge in [0.2, 0.25) is 0 Å². The van der Waals surface area contributed by atoms with Gasteiger partial charge in [-0.15, -0.1) is 0 Å². The van der Waals surface area contributed by atoms with Gasteiger partial charge in [-0.3, -0.25) is 9.36 Å². The summed E-state index contributed by atoms with van der Waals surface area (Å²) in [5.41, 5.74) is 3.61. The minimum Gasteiger partial charge on any atom is -0.493 e. The van der Waals surface area contributed by atoms with Gasteiger partial charge in [0.1, 0.15) is 12.4 Å². The lowest BCUT2D eigenvalue weighted by Gasteiger charge is -2.26. The Morgan fingerprint density at radius 3 is 2.31 bits per heavy atom. The largest absolute Gasteiger partial charge is 0.493 e. The third-order valence-electron chi connectivity index (χ3n) is 7.71. The minimum atomic E-state index is -0.851. The molecule has 49 heavy (non-hydrogen) atoms. The third kappa shape index (κ3) is 7.44. The second-order valence-corrected chi connectivity index (χ2v) is 14.5. The first-order chi connectivity index (χ1) is 23.7. The van der Waals surface area contributed by atoms with Crippen LogP contribution in [0.15, 0.2) is 100 Å². The number of esters is 1. The van der Waals surface area contributed by atoms with Crippen LogP contribution in [0, 0.1) is 7.14 Å². The van der Waals surface area contributed by atoms with Crippen LogP contribution in [-0.4, -0.2) is 31.4 Å². The van der Waals surface area contributed by atoms with Crippen molar-refractivity contribution in [1.82, 2.24) is 4.57 Å². The molecule has 0 amide bonds. The van der Waals surface area contributed by atoms with Gasteiger partial charge in [-0.1, -0.05) is 71.5 Å². The molecule has 5 aromatic rings. The van der Waals surface area contributed by atoms with Crippen LogP contribution in [0.4, 0.5) is 0 Å². The van der Waals surface area contributed by atoms with Crippen LogP contribution in [0.25, 0.3) is 11.8 Å². The summed E-state index contributed by atoms with van der Waals surface area (Å²) in [6.45, 7) is 2.30. The van der Waals surface area contributed by atoms with Gasteiger partial charge in [-0.2, -0.15) is 0 Å². The zero-order valence-electron chi connectivity index (χ0n) is 26.5. The average molecular weight is 919 g/mol. The first-order valence-electron chi connectivity index (χ1n) is 15.1. The van der Waals surface area contributed by atoms with Gasteiger partial charge in [-0.05, 0) is 111 Å². The van der Waals surface area contributed by atoms with Crippen molar-refractivity contribution in [3.8, 4) is 17.2 Å². The molecule has 0 N–H and O–H groups in total. The van der Waals surface area contributed by atoms with E-state index in [0.717, 1.165) is 29.6 Å². The van der Waals surface area contributed by atoms with Crippen LogP contribution >= 0.6 is 68.1 Å². The Bertz CT molecular complexity index is 2230. The number of aromatic nitrogens is 1. The zero-order valence-corrected chi connectivity index (χ0v) is 32.4. The summed E-state index contributed by atoms with van der Waals surface area (Å²) in [5, 5.41) is 0.672. The monoisotopic (exact) mass is 918 g/mol. The molecule has 0 spiro atoms. The summed E-state index contributed by atoms with van der Waals surface area (Å²) in [4.78, 5) is 33.6. The quantitative estimate of drug-likeness (QED) is 0.107. The first-order valence-corrected chi connectivity index (χ1v) is 18.4. The van der Waals surface area contributed by atoms with Crippen LogP contribution < -0.4 is 29.1 Å². The molecule has 1 atom stereocenters. The Balaban J connectivity index is 1.50. The van der Waals surface area contributed by atoms with Crippen molar-refractivity contribution in [2.45, 2.75) is 19.6 Å². The Morgan fingerprint density at radius 2 is 1.65 bits per heavy atom. The predicted molar refractivity (Wildman–Crippen MR) is 208 cm³/mol. The summed E-state index contributed by atoms with van der Waals surface area (Å²) in [6.07, 6.45) is 1.85. The molecule has 1 aromatic heterocycles. The number of methoxy groups -OCH3 is 2. The number of nitrogens with zero attached hydrogens (tertiary/aromatic N) is 2. The fourth-order valence-electron chi connectivity index (χ4n) is 5.47. The fourth-order valence-corrected chi connectivity index (χ4v) is 8.72. The van der Waals surface area contributed by atoms with Crippen molar-refractivity contribution in [3.05, 3.63) is 145 Å². The van der Waals surface area contributed by atoms with Gasteiger partial charge in [0.25, 0.3) is 5.56 Å². The number of carbonyl (C=O) groups is 1. The maximum absolute atomic E-state index is 14.4. The summed E-state index contributed by atoms with van der Waals surface area (Å²) in [6, 6.07) is 25.4. The number of benzene rings is 4. The molecule has 8 nitrogen and oxygen atoms in total. The van der Waals surface area contributed by atoms with E-state index in [2.05, 4.69) is 45.2 Å². The molecule has 1 aliphatic rings. The van der Waals surface area contributed by atoms with E-state index in [1.807, 2.05) is 78.9 Å². The van der Waals surface area contributed by atoms with E-state index in [-0.39, 0.29) is 17.7 Å². The lowest BCUT2D eigenvalue weighted by Crippen LogP contribution is -2.40. The van der Waals surface area contributed by atoms with Crippen LogP contribution in [0.2, 0.25) is 5.02 Å². The van der Waals surface area contributed by atoms with Crippen molar-refractivity contribution in [2.24, 2.45) is 4.99 Å². The highest BCUT2D eigenvalue weighted by Gasteiger charge is 2.35. The van der Waals surface area contributed by atoms with Gasteiger partial charge in [-0.25, -0.2) is 9.79 Å². The molecule has 1 aliphatic heterocycles. The van der Waals surface area contributed by atoms with Crippen LogP contribution in [0.1, 0.15) is 35.2 Å². The molecule has 12 heteroatoms. The average Bonchev–Trinajstić information content (AvgIpc) is 3.41. The molecule has 0 saturated heterocycles. The number of rotatable bonds is 10. The van der Waals surface area contributed by atoms with E-state index in [0.29, 0.717) is 43.7 Å². The molecule has 0 fully saturated rings. The van der Waals surface area contributed by atoms with E-state index in [4.69, 9.17) is 35.5 Å². The second kappa shape index (κ2) is 15.5. The molecule has 0 unspecified atom stereocenters. The number of hydrogen-bond donors (Lipinski definition) is 0. The molecule has 0 bridgehead atoms. The Morgan fingerprint density at radius 1 is 0.959 bits per heavy atom. The number of halogens is 3. The lowest BCUT2D eigenvalue weighted by atomic mass is 9.93. The maximum atomic E-state index is 14.4. The molecule has 250 valence electrons. The van der Waals surface area contributed by atoms with E-state index >= 15 is 0 Å². The highest BCUT2D eigenvalue weighted by atomic mass is 127. The second-order valence-electron chi connectivity index (χ2n) is 10.8. The molecular formula is C37H29ClI2N2O6S. The first kappa shape index (κ1) is 35.2. The molecular weight excluding hydrogens is 890 g/mol. The van der Waals surface area contributed by atoms with Gasteiger partial charge < -0.3 is 18.9 Å². The minimum absolute atomic E-state index is 0.157. The number of ether oxygens (including phenoxy) is 4. The molecule has 0 aliphatic carbocycles. The highest BCUT2D eigenvalue weighted by Crippen LogP contribution is 2.38. The van der Waals surface area contributed by atoms with Crippen molar-refractivity contribution in [2.75, 3.05) is 20.8 Å². The van der Waals surface area contributed by atoms with Gasteiger partial charge in [0, 0.05) is 10.6 Å². The number of hydrogen-bond acceptors (Lipinski definition) is 8. The summed E-state index contributed by atoms with van der Waals surface area (Å²) in [7, 11) is 3.10. The maximum Gasteiger partial charge on any atom is 0.338 e. The van der Waals surface area contributed by atoms with Gasteiger partial charge in [0.05, 0.1) is 49.8 Å². The summed E-state index contributed by atoms with van der Waals surface area (Å²) < 4.78 is 26.7. The zero-order chi connectivity index (χ0) is 34.7. The van der Waals surface area contributed by atoms with Crippen molar-refractivity contribution in [3.63, 3.8) is 0 Å². The molecule has 2 heterocycles. The molecule has 0 saturated carbocycles. The topological polar surface area (TPSA) is 88.4 Å². The van der Waals surface area contributed by atoms with Crippen molar-refractivity contribution >= 4 is 85.9 Å². The van der Waals surface area contributed by atoms with E-state index in [1.54, 1.807) is 37.8 Å². The molecule has 6 rings (SSSR count). The van der Waals surface area contributed by atoms with E-state index < -0.39 is 12.0 Å². The Hall–Kier alpha value is -3.66. The van der Waals surface area contributed by atoms with Crippen molar-refractivity contribution < 1.29 is 23.7 Å². The molecule has 4 aromatic carbocycles. The summed E-state index contributed by atoms with van der Waals surface area (Å²) >= 11 is 11.8. The SMILES string of the molecule is CCOC(=O)C1=C(c2ccccc2)N=c2s/c(=C\c3cc(I)c(OCc4ccc(Cl)cc4)c(I)c3)c(=O)n2[C@@H]1c1ccc(OC)c(OC)c1. The number of fused-ring (bicyclic) bond motifs is 1. The molecule has 0 radical (unpaired) electrons. The van der Waals surface area contributed by atoms with Crippen LogP contribution in [0.3, 0.4) is 0 Å². The highest BCUT2D eigenvalue weighted by molar-refractivity contribution is 14.1. The Labute approximate surface area is 318 Å². The van der Waals surface area contributed by atoms with Gasteiger partial charge in [0.15, 0.2) is 16.3 Å². The number of thiazole rings is 1. The lowest BCUT2D eigenvalue weighted by molar-refractivity contribution is -0.138. The van der Waals surface area contributed by atoms with Crippen molar-refractivity contribution in [1.29, 1.82) is 0 Å². The summed E-state index contributed by atoms with van der Waals surface area (Å²) in [5.74, 6) is 1.19. The Kier molecular flexibility index (Phi) is 11.1. The van der Waals surface area contributed by atoms with E-state index in [9.17, 15) is 9.59 Å². The third-order valence-corrected chi connectivity index (χ3v) is 10.5. The number of carbonyl (C=O) groups excluding carboxylic acids is 1. The van der Waals surface area contributed by atoms with Crippen LogP contribution in [-0.2, 0) is 16.1 Å². The van der Waals surface area contributed by atoms with Crippen LogP contribution in [0.5, 0.6) is 17.2 Å². The normalized spacial score (nSPS) is 14.2. The smallest absolute Gasteiger partial charge is 0.338 e. The predicted octanol–water partition coefficient (Wildman–Crippen LogP) is 7.39. The van der Waals surface area contributed by atoms with Gasteiger partial charge >= 0.3 is 5.97 Å².